The van der Waals surface area contributed by atoms with Crippen molar-refractivity contribution in [3.8, 4) is 0 Å². The number of fused-ring (bicyclic) bond motifs is 1. The largest absolute Gasteiger partial charge is 0.590 e. The Morgan fingerprint density at radius 1 is 1.29 bits per heavy atom. The summed E-state index contributed by atoms with van der Waals surface area (Å²) in [6.45, 7) is 2.14. The van der Waals surface area contributed by atoms with Crippen molar-refractivity contribution in [3.05, 3.63) is 29.8 Å². The average Bonchev–Trinajstić information content (AvgIpc) is 2.69. The van der Waals surface area contributed by atoms with Crippen molar-refractivity contribution in [1.82, 2.24) is 4.98 Å². The Balaban J connectivity index is 2.41. The highest BCUT2D eigenvalue weighted by Gasteiger charge is 2.19. The Labute approximate surface area is 102 Å². The summed E-state index contributed by atoms with van der Waals surface area (Å²) in [4.78, 5) is 14.2. The number of benzene rings is 1. The van der Waals surface area contributed by atoms with Gasteiger partial charge in [-0.3, -0.25) is 0 Å². The number of rotatable bonds is 5. The van der Waals surface area contributed by atoms with Crippen molar-refractivity contribution < 1.29 is 9.46 Å². The van der Waals surface area contributed by atoms with Crippen molar-refractivity contribution in [2.24, 2.45) is 0 Å². The lowest BCUT2D eigenvalue weighted by molar-refractivity contribution is -0.160. The molecule has 1 heterocycles. The van der Waals surface area contributed by atoms with Crippen molar-refractivity contribution in [2.75, 3.05) is 0 Å². The minimum atomic E-state index is -2.54. The first-order chi connectivity index (χ1) is 8.24. The molecule has 0 amide bonds. The molecule has 2 aromatic rings. The van der Waals surface area contributed by atoms with E-state index < -0.39 is 8.03 Å². The highest BCUT2D eigenvalue weighted by molar-refractivity contribution is 7.45. The van der Waals surface area contributed by atoms with Gasteiger partial charge in [0.05, 0.1) is 0 Å². The van der Waals surface area contributed by atoms with Crippen LogP contribution in [0.15, 0.2) is 24.3 Å². The summed E-state index contributed by atoms with van der Waals surface area (Å²) in [6, 6.07) is 7.76. The van der Waals surface area contributed by atoms with E-state index in [0.29, 0.717) is 5.44 Å². The van der Waals surface area contributed by atoms with Gasteiger partial charge in [-0.05, 0) is 18.9 Å². The van der Waals surface area contributed by atoms with Crippen molar-refractivity contribution in [3.63, 3.8) is 0 Å². The number of hydrogen-bond donors (Lipinski definition) is 1. The smallest absolute Gasteiger partial charge is 0.367 e. The van der Waals surface area contributed by atoms with Gasteiger partial charge in [0.15, 0.2) is 0 Å². The Morgan fingerprint density at radius 2 is 2.06 bits per heavy atom. The molecule has 17 heavy (non-hydrogen) atoms. The molecule has 1 atom stereocenters. The van der Waals surface area contributed by atoms with E-state index in [1.807, 2.05) is 24.3 Å². The standard InChI is InChI=1S/C13H16NO2P/c1-2-3-4-8-11-10-7-5-6-9-12(10)14-13(11)17(15)16/h5-7,9,14H,2-4,8H2,1H3. The molecule has 2 rings (SSSR count). The van der Waals surface area contributed by atoms with Crippen LogP contribution in [-0.4, -0.2) is 4.98 Å². The van der Waals surface area contributed by atoms with Gasteiger partial charge in [-0.15, -0.1) is 0 Å². The Morgan fingerprint density at radius 3 is 2.76 bits per heavy atom. The SMILES string of the molecule is CCCCCc1c([P+](=O)[O-])[nH]c2ccccc12. The molecule has 0 bridgehead atoms. The number of nitrogens with one attached hydrogen (secondary N) is 1. The summed E-state index contributed by atoms with van der Waals surface area (Å²) >= 11 is 0. The number of aryl methyl sites for hydroxylation is 1. The first-order valence-electron chi connectivity index (χ1n) is 5.98. The van der Waals surface area contributed by atoms with Crippen LogP contribution in [0.5, 0.6) is 0 Å². The number of para-hydroxylation sites is 1. The van der Waals surface area contributed by atoms with Gasteiger partial charge in [0, 0.05) is 16.5 Å². The van der Waals surface area contributed by atoms with Crippen LogP contribution >= 0.6 is 8.03 Å². The Hall–Kier alpha value is -1.18. The quantitative estimate of drug-likeness (QED) is 0.654. The number of unbranched alkanes of at least 4 members (excludes halogenated alkanes) is 2. The Kier molecular flexibility index (Phi) is 3.93. The normalized spacial score (nSPS) is 12.0. The van der Waals surface area contributed by atoms with Crippen LogP contribution in [0.3, 0.4) is 0 Å². The minimum Gasteiger partial charge on any atom is -0.590 e. The molecular weight excluding hydrogens is 233 g/mol. The summed E-state index contributed by atoms with van der Waals surface area (Å²) in [6.07, 6.45) is 4.14. The zero-order chi connectivity index (χ0) is 12.3. The number of H-pyrrole nitrogens is 1. The second kappa shape index (κ2) is 5.44. The summed E-state index contributed by atoms with van der Waals surface area (Å²) in [5, 5.41) is 1.04. The minimum absolute atomic E-state index is 0.386. The summed E-state index contributed by atoms with van der Waals surface area (Å²) in [7, 11) is -2.54. The van der Waals surface area contributed by atoms with Gasteiger partial charge in [-0.1, -0.05) is 42.5 Å². The summed E-state index contributed by atoms with van der Waals surface area (Å²) in [5.74, 6) is 0. The Bertz CT molecular complexity index is 533. The molecule has 0 saturated carbocycles. The third-order valence-corrected chi connectivity index (χ3v) is 3.75. The highest BCUT2D eigenvalue weighted by atomic mass is 31.1. The summed E-state index contributed by atoms with van der Waals surface area (Å²) in [5.41, 5.74) is 2.25. The van der Waals surface area contributed by atoms with Gasteiger partial charge < -0.3 is 9.88 Å². The van der Waals surface area contributed by atoms with E-state index in [0.717, 1.165) is 42.1 Å². The van der Waals surface area contributed by atoms with Crippen molar-refractivity contribution in [2.45, 2.75) is 32.6 Å². The number of aromatic amines is 1. The van der Waals surface area contributed by atoms with E-state index in [-0.39, 0.29) is 0 Å². The third-order valence-electron chi connectivity index (χ3n) is 3.00. The first kappa shape index (κ1) is 12.3. The molecule has 1 aromatic carbocycles. The molecule has 1 aromatic heterocycles. The van der Waals surface area contributed by atoms with Gasteiger partial charge in [-0.2, -0.15) is 0 Å². The molecule has 0 aliphatic rings. The average molecular weight is 249 g/mol. The molecule has 3 nitrogen and oxygen atoms in total. The second-order valence-electron chi connectivity index (χ2n) is 4.21. The van der Waals surface area contributed by atoms with E-state index in [1.165, 1.54) is 0 Å². The van der Waals surface area contributed by atoms with Crippen LogP contribution in [0.25, 0.3) is 10.9 Å². The fourth-order valence-corrected chi connectivity index (χ4v) is 2.81. The highest BCUT2D eigenvalue weighted by Crippen LogP contribution is 2.23. The first-order valence-corrected chi connectivity index (χ1v) is 7.15. The van der Waals surface area contributed by atoms with Crippen molar-refractivity contribution in [1.29, 1.82) is 0 Å². The van der Waals surface area contributed by atoms with E-state index in [9.17, 15) is 9.46 Å². The molecule has 0 radical (unpaired) electrons. The predicted octanol–water partition coefficient (Wildman–Crippen LogP) is 2.63. The molecule has 1 N–H and O–H groups in total. The van der Waals surface area contributed by atoms with Gasteiger partial charge in [0.25, 0.3) is 5.44 Å². The number of hydrogen-bond acceptors (Lipinski definition) is 2. The zero-order valence-electron chi connectivity index (χ0n) is 9.90. The molecule has 0 fully saturated rings. The molecule has 0 aliphatic carbocycles. The van der Waals surface area contributed by atoms with Gasteiger partial charge in [-0.25, -0.2) is 0 Å². The lowest BCUT2D eigenvalue weighted by Gasteiger charge is -1.98. The second-order valence-corrected chi connectivity index (χ2v) is 5.17. The lowest BCUT2D eigenvalue weighted by Crippen LogP contribution is -2.10. The molecule has 90 valence electrons. The van der Waals surface area contributed by atoms with Crippen LogP contribution in [-0.2, 0) is 11.0 Å². The van der Waals surface area contributed by atoms with Crippen LogP contribution in [0.1, 0.15) is 31.7 Å². The predicted molar refractivity (Wildman–Crippen MR) is 68.8 cm³/mol. The fourth-order valence-electron chi connectivity index (χ4n) is 2.15. The topological polar surface area (TPSA) is 55.9 Å². The molecule has 0 aliphatic heterocycles. The van der Waals surface area contributed by atoms with Gasteiger partial charge in [0.1, 0.15) is 0 Å². The van der Waals surface area contributed by atoms with Crippen LogP contribution in [0, 0.1) is 0 Å². The fraction of sp³-hybridized carbons (Fsp3) is 0.385. The van der Waals surface area contributed by atoms with E-state index >= 15 is 0 Å². The van der Waals surface area contributed by atoms with E-state index in [1.54, 1.807) is 0 Å². The van der Waals surface area contributed by atoms with E-state index in [4.69, 9.17) is 0 Å². The van der Waals surface area contributed by atoms with Crippen LogP contribution in [0.2, 0.25) is 0 Å². The molecule has 1 unspecified atom stereocenters. The monoisotopic (exact) mass is 249 g/mol. The van der Waals surface area contributed by atoms with Gasteiger partial charge in [0.2, 0.25) is 0 Å². The molecule has 0 spiro atoms. The molecular formula is C13H16NO2P. The zero-order valence-corrected chi connectivity index (χ0v) is 10.8. The molecule has 0 saturated heterocycles. The third kappa shape index (κ3) is 2.56. The maximum Gasteiger partial charge on any atom is 0.367 e. The number of aromatic nitrogens is 1. The van der Waals surface area contributed by atoms with Crippen molar-refractivity contribution >= 4 is 24.4 Å². The maximum absolute atomic E-state index is 11.2. The lowest BCUT2D eigenvalue weighted by atomic mass is 10.1. The maximum atomic E-state index is 11.2. The van der Waals surface area contributed by atoms with Crippen LogP contribution in [0.4, 0.5) is 0 Å². The summed E-state index contributed by atoms with van der Waals surface area (Å²) < 4.78 is 11.2. The van der Waals surface area contributed by atoms with Gasteiger partial charge >= 0.3 is 8.03 Å². The van der Waals surface area contributed by atoms with E-state index in [2.05, 4.69) is 11.9 Å². The van der Waals surface area contributed by atoms with Crippen LogP contribution < -0.4 is 10.3 Å². The molecule has 4 heteroatoms.